The number of nitrogens with one attached hydrogen (secondary N) is 2. The summed E-state index contributed by atoms with van der Waals surface area (Å²) < 4.78 is 0. The molecule has 1 aromatic heterocycles. The van der Waals surface area contributed by atoms with E-state index in [4.69, 9.17) is 0 Å². The fourth-order valence-electron chi connectivity index (χ4n) is 1.70. The third kappa shape index (κ3) is 4.13. The highest BCUT2D eigenvalue weighted by Gasteiger charge is 2.10. The maximum Gasteiger partial charge on any atom is 0.257 e. The van der Waals surface area contributed by atoms with Gasteiger partial charge in [0, 0.05) is 23.9 Å². The van der Waals surface area contributed by atoms with Crippen LogP contribution in [0.25, 0.3) is 0 Å². The molecule has 0 radical (unpaired) electrons. The Kier molecular flexibility index (Phi) is 4.70. The van der Waals surface area contributed by atoms with E-state index in [1.807, 2.05) is 26.0 Å². The molecular weight excluding hydrogens is 286 g/mol. The van der Waals surface area contributed by atoms with Gasteiger partial charge >= 0.3 is 0 Å². The first kappa shape index (κ1) is 15.2. The van der Waals surface area contributed by atoms with Gasteiger partial charge in [-0.3, -0.25) is 14.9 Å². The molecular formula is C15H17N3O2S. The van der Waals surface area contributed by atoms with Crippen LogP contribution >= 0.6 is 11.3 Å². The number of thiazole rings is 1. The molecule has 2 N–H and O–H groups in total. The maximum atomic E-state index is 12.1. The molecule has 0 bridgehead atoms. The predicted octanol–water partition coefficient (Wildman–Crippen LogP) is 2.65. The Labute approximate surface area is 127 Å². The minimum Gasteiger partial charge on any atom is -0.352 e. The Morgan fingerprint density at radius 1 is 1.19 bits per heavy atom. The summed E-state index contributed by atoms with van der Waals surface area (Å²) in [5.41, 5.74) is 2.44. The van der Waals surface area contributed by atoms with E-state index < -0.39 is 0 Å². The van der Waals surface area contributed by atoms with Gasteiger partial charge in [0.25, 0.3) is 5.91 Å². The molecule has 2 amide bonds. The van der Waals surface area contributed by atoms with Crippen LogP contribution in [-0.4, -0.2) is 16.8 Å². The number of benzene rings is 1. The second-order valence-corrected chi connectivity index (χ2v) is 5.92. The van der Waals surface area contributed by atoms with Crippen LogP contribution in [0.5, 0.6) is 0 Å². The Bertz CT molecular complexity index is 643. The Hall–Kier alpha value is -2.21. The van der Waals surface area contributed by atoms with E-state index in [0.717, 1.165) is 16.1 Å². The quantitative estimate of drug-likeness (QED) is 0.912. The van der Waals surface area contributed by atoms with Crippen molar-refractivity contribution in [3.05, 3.63) is 46.0 Å². The van der Waals surface area contributed by atoms with E-state index in [1.54, 1.807) is 12.1 Å². The molecule has 1 heterocycles. The zero-order valence-electron chi connectivity index (χ0n) is 12.2. The third-order valence-electron chi connectivity index (χ3n) is 3.01. The van der Waals surface area contributed by atoms with Gasteiger partial charge in [0.15, 0.2) is 5.13 Å². The monoisotopic (exact) mass is 303 g/mol. The number of carbonyl (C=O) groups is 2. The fourth-order valence-corrected chi connectivity index (χ4v) is 2.51. The first-order chi connectivity index (χ1) is 9.95. The molecule has 0 saturated carbocycles. The van der Waals surface area contributed by atoms with E-state index in [1.165, 1.54) is 18.3 Å². The van der Waals surface area contributed by atoms with Gasteiger partial charge in [-0.25, -0.2) is 4.98 Å². The van der Waals surface area contributed by atoms with E-state index in [0.29, 0.717) is 17.2 Å². The first-order valence-electron chi connectivity index (χ1n) is 6.54. The number of amides is 2. The van der Waals surface area contributed by atoms with Gasteiger partial charge in [0.1, 0.15) is 0 Å². The summed E-state index contributed by atoms with van der Waals surface area (Å²) in [5.74, 6) is -0.263. The van der Waals surface area contributed by atoms with Crippen molar-refractivity contribution in [3.63, 3.8) is 0 Å². The summed E-state index contributed by atoms with van der Waals surface area (Å²) in [5, 5.41) is 6.11. The summed E-state index contributed by atoms with van der Waals surface area (Å²) in [6, 6.07) is 7.12. The standard InChI is InChI=1S/C15H17N3O2S/c1-9-10(2)21-15(17-9)18-14(20)13-6-4-12(5-7-13)8-16-11(3)19/h4-7H,8H2,1-3H3,(H,16,19)(H,17,18,20). The van der Waals surface area contributed by atoms with Gasteiger partial charge in [-0.05, 0) is 31.5 Å². The van der Waals surface area contributed by atoms with Crippen molar-refractivity contribution >= 4 is 28.3 Å². The van der Waals surface area contributed by atoms with Gasteiger partial charge in [-0.2, -0.15) is 0 Å². The third-order valence-corrected chi connectivity index (χ3v) is 3.99. The summed E-state index contributed by atoms with van der Waals surface area (Å²) in [4.78, 5) is 28.3. The Morgan fingerprint density at radius 3 is 2.38 bits per heavy atom. The maximum absolute atomic E-state index is 12.1. The molecule has 0 aliphatic heterocycles. The molecule has 0 aliphatic carbocycles. The second-order valence-electron chi connectivity index (χ2n) is 4.72. The van der Waals surface area contributed by atoms with Crippen molar-refractivity contribution in [1.82, 2.24) is 10.3 Å². The van der Waals surface area contributed by atoms with E-state index in [-0.39, 0.29) is 11.8 Å². The SMILES string of the molecule is CC(=O)NCc1ccc(C(=O)Nc2nc(C)c(C)s2)cc1. The summed E-state index contributed by atoms with van der Waals surface area (Å²) >= 11 is 1.46. The van der Waals surface area contributed by atoms with Gasteiger partial charge in [-0.1, -0.05) is 12.1 Å². The molecule has 5 nitrogen and oxygen atoms in total. The average Bonchev–Trinajstić information content (AvgIpc) is 2.75. The minimum atomic E-state index is -0.185. The molecule has 0 spiro atoms. The number of aryl methyl sites for hydroxylation is 2. The number of hydrogen-bond acceptors (Lipinski definition) is 4. The Balaban J connectivity index is 2.01. The number of anilines is 1. The normalized spacial score (nSPS) is 10.2. The van der Waals surface area contributed by atoms with E-state index in [9.17, 15) is 9.59 Å². The number of rotatable bonds is 4. The molecule has 0 aliphatic rings. The van der Waals surface area contributed by atoms with Crippen LogP contribution in [0, 0.1) is 13.8 Å². The van der Waals surface area contributed by atoms with Crippen molar-refractivity contribution in [3.8, 4) is 0 Å². The number of hydrogen-bond donors (Lipinski definition) is 2. The lowest BCUT2D eigenvalue weighted by atomic mass is 10.1. The average molecular weight is 303 g/mol. The zero-order valence-corrected chi connectivity index (χ0v) is 13.0. The van der Waals surface area contributed by atoms with Crippen molar-refractivity contribution in [1.29, 1.82) is 0 Å². The van der Waals surface area contributed by atoms with Crippen molar-refractivity contribution < 1.29 is 9.59 Å². The van der Waals surface area contributed by atoms with Crippen LogP contribution in [0.3, 0.4) is 0 Å². The second kappa shape index (κ2) is 6.49. The van der Waals surface area contributed by atoms with Crippen molar-refractivity contribution in [2.45, 2.75) is 27.3 Å². The summed E-state index contributed by atoms with van der Waals surface area (Å²) in [6.45, 7) is 5.82. The van der Waals surface area contributed by atoms with Gasteiger partial charge in [0.2, 0.25) is 5.91 Å². The van der Waals surface area contributed by atoms with Gasteiger partial charge in [0.05, 0.1) is 5.69 Å². The van der Waals surface area contributed by atoms with Gasteiger partial charge < -0.3 is 5.32 Å². The first-order valence-corrected chi connectivity index (χ1v) is 7.36. The molecule has 110 valence electrons. The van der Waals surface area contributed by atoms with E-state index >= 15 is 0 Å². The van der Waals surface area contributed by atoms with Crippen LogP contribution in [0.4, 0.5) is 5.13 Å². The molecule has 2 rings (SSSR count). The molecule has 0 unspecified atom stereocenters. The lowest BCUT2D eigenvalue weighted by Crippen LogP contribution is -2.19. The number of aromatic nitrogens is 1. The number of carbonyl (C=O) groups excluding carboxylic acids is 2. The van der Waals surface area contributed by atoms with Crippen molar-refractivity contribution in [2.24, 2.45) is 0 Å². The van der Waals surface area contributed by atoms with Crippen LogP contribution in [0.2, 0.25) is 0 Å². The van der Waals surface area contributed by atoms with Crippen LogP contribution in [0.15, 0.2) is 24.3 Å². The molecule has 21 heavy (non-hydrogen) atoms. The highest BCUT2D eigenvalue weighted by molar-refractivity contribution is 7.15. The highest BCUT2D eigenvalue weighted by Crippen LogP contribution is 2.21. The lowest BCUT2D eigenvalue weighted by Gasteiger charge is -2.05. The van der Waals surface area contributed by atoms with Gasteiger partial charge in [-0.15, -0.1) is 11.3 Å². The van der Waals surface area contributed by atoms with Crippen LogP contribution < -0.4 is 10.6 Å². The molecule has 0 saturated heterocycles. The Morgan fingerprint density at radius 2 is 1.86 bits per heavy atom. The van der Waals surface area contributed by atoms with Crippen LogP contribution in [-0.2, 0) is 11.3 Å². The smallest absolute Gasteiger partial charge is 0.257 e. The topological polar surface area (TPSA) is 71.1 Å². The zero-order chi connectivity index (χ0) is 15.4. The summed E-state index contributed by atoms with van der Waals surface area (Å²) in [6.07, 6.45) is 0. The minimum absolute atomic E-state index is 0.0775. The molecule has 6 heteroatoms. The molecule has 0 fully saturated rings. The van der Waals surface area contributed by atoms with Crippen LogP contribution in [0.1, 0.15) is 33.4 Å². The number of nitrogens with zero attached hydrogens (tertiary/aromatic N) is 1. The van der Waals surface area contributed by atoms with Crippen molar-refractivity contribution in [2.75, 3.05) is 5.32 Å². The van der Waals surface area contributed by atoms with E-state index in [2.05, 4.69) is 15.6 Å². The fraction of sp³-hybridized carbons (Fsp3) is 0.267. The lowest BCUT2D eigenvalue weighted by molar-refractivity contribution is -0.119. The molecule has 0 atom stereocenters. The predicted molar refractivity (Wildman–Crippen MR) is 83.5 cm³/mol. The highest BCUT2D eigenvalue weighted by atomic mass is 32.1. The molecule has 2 aromatic rings. The largest absolute Gasteiger partial charge is 0.352 e. The molecule has 1 aromatic carbocycles. The summed E-state index contributed by atoms with van der Waals surface area (Å²) in [7, 11) is 0.